The van der Waals surface area contributed by atoms with E-state index in [4.69, 9.17) is 0 Å². The van der Waals surface area contributed by atoms with Gasteiger partial charge in [-0.2, -0.15) is 0 Å². The van der Waals surface area contributed by atoms with Crippen LogP contribution in [0.3, 0.4) is 0 Å². The van der Waals surface area contributed by atoms with Gasteiger partial charge in [-0.1, -0.05) is 0 Å². The molecule has 0 bridgehead atoms. The number of aryl methyl sites for hydroxylation is 2. The minimum atomic E-state index is -0.105. The van der Waals surface area contributed by atoms with E-state index in [1.807, 2.05) is 30.3 Å². The van der Waals surface area contributed by atoms with E-state index in [1.165, 1.54) is 0 Å². The molecule has 0 unspecified atom stereocenters. The average Bonchev–Trinajstić information content (AvgIpc) is 3.42. The van der Waals surface area contributed by atoms with Gasteiger partial charge in [0, 0.05) is 41.5 Å². The molecule has 0 radical (unpaired) electrons. The molecule has 0 aromatic carbocycles. The summed E-state index contributed by atoms with van der Waals surface area (Å²) in [7, 11) is 0. The lowest BCUT2D eigenvalue weighted by atomic mass is 10.1. The first-order valence-electron chi connectivity index (χ1n) is 9.01. The van der Waals surface area contributed by atoms with Crippen LogP contribution in [0.4, 0.5) is 10.9 Å². The molecule has 144 valence electrons. The van der Waals surface area contributed by atoms with Crippen LogP contribution in [0, 0.1) is 13.8 Å². The van der Waals surface area contributed by atoms with Crippen LogP contribution in [0.15, 0.2) is 30.0 Å². The van der Waals surface area contributed by atoms with E-state index >= 15 is 0 Å². The van der Waals surface area contributed by atoms with Gasteiger partial charge in [0.1, 0.15) is 5.69 Å². The summed E-state index contributed by atoms with van der Waals surface area (Å²) in [5.74, 6) is 0.621. The van der Waals surface area contributed by atoms with Crippen molar-refractivity contribution in [2.75, 3.05) is 11.9 Å². The molecule has 7 nitrogen and oxygen atoms in total. The zero-order valence-electron chi connectivity index (χ0n) is 15.6. The first-order valence-corrected chi connectivity index (χ1v) is 10.7. The third-order valence-corrected chi connectivity index (χ3v) is 6.08. The molecule has 9 heteroatoms. The predicted molar refractivity (Wildman–Crippen MR) is 112 cm³/mol. The van der Waals surface area contributed by atoms with Crippen LogP contribution < -0.4 is 5.32 Å². The van der Waals surface area contributed by atoms with Crippen molar-refractivity contribution >= 4 is 45.6 Å². The van der Waals surface area contributed by atoms with Gasteiger partial charge in [0.05, 0.1) is 16.7 Å². The van der Waals surface area contributed by atoms with Gasteiger partial charge in [0.25, 0.3) is 0 Å². The number of rotatable bonds is 5. The van der Waals surface area contributed by atoms with Crippen molar-refractivity contribution in [3.05, 3.63) is 51.3 Å². The number of carbonyl (C=O) groups excluding carboxylic acids is 1. The van der Waals surface area contributed by atoms with Crippen LogP contribution in [-0.2, 0) is 4.79 Å². The summed E-state index contributed by atoms with van der Waals surface area (Å²) < 4.78 is 0. The van der Waals surface area contributed by atoms with Crippen LogP contribution in [0.1, 0.15) is 40.2 Å². The second-order valence-corrected chi connectivity index (χ2v) is 8.80. The number of nitrogens with zero attached hydrogens (tertiary/aromatic N) is 5. The normalized spacial score (nSPS) is 16.8. The molecule has 1 amide bonds. The molecule has 28 heavy (non-hydrogen) atoms. The molecule has 1 fully saturated rings. The summed E-state index contributed by atoms with van der Waals surface area (Å²) in [5, 5.41) is 6.96. The molecule has 1 saturated heterocycles. The quantitative estimate of drug-likeness (QED) is 0.635. The summed E-state index contributed by atoms with van der Waals surface area (Å²) in [5.41, 5.74) is 1.59. The number of hydrogen-bond acceptors (Lipinski definition) is 8. The van der Waals surface area contributed by atoms with Crippen molar-refractivity contribution in [1.29, 1.82) is 0 Å². The highest BCUT2D eigenvalue weighted by Crippen LogP contribution is 2.35. The van der Waals surface area contributed by atoms with Crippen molar-refractivity contribution in [2.24, 2.45) is 0 Å². The number of hydrogen-bond donors (Lipinski definition) is 1. The van der Waals surface area contributed by atoms with Crippen LogP contribution in [0.2, 0.25) is 0 Å². The fourth-order valence-electron chi connectivity index (χ4n) is 3.23. The Morgan fingerprint density at radius 1 is 1.29 bits per heavy atom. The lowest BCUT2D eigenvalue weighted by Crippen LogP contribution is -2.30. The standard InChI is InChI=1S/C19H20N6OS2/c1-12-10-22-19(28-12)24-18-17(20-7-8-21-18)15-4-3-9-25(15)16(26)6-5-14-11-27-13(2)23-14/h5-8,10-11,15H,3-4,9H2,1-2H3,(H,21,22,24)/b6-5+/t15-/m0/s1. The average molecular weight is 413 g/mol. The van der Waals surface area contributed by atoms with E-state index in [0.29, 0.717) is 12.4 Å². The summed E-state index contributed by atoms with van der Waals surface area (Å²) in [6, 6.07) is -0.105. The van der Waals surface area contributed by atoms with Crippen LogP contribution >= 0.6 is 22.7 Å². The number of likely N-dealkylation sites (tertiary alicyclic amines) is 1. The lowest BCUT2D eigenvalue weighted by molar-refractivity contribution is -0.126. The third-order valence-electron chi connectivity index (χ3n) is 4.46. The van der Waals surface area contributed by atoms with E-state index in [9.17, 15) is 4.79 Å². The Morgan fingerprint density at radius 3 is 2.89 bits per heavy atom. The molecule has 1 aliphatic rings. The zero-order chi connectivity index (χ0) is 19.5. The number of carbonyl (C=O) groups is 1. The Kier molecular flexibility index (Phi) is 5.45. The molecule has 3 aromatic rings. The van der Waals surface area contributed by atoms with Gasteiger partial charge in [-0.25, -0.2) is 15.0 Å². The maximum atomic E-state index is 12.8. The van der Waals surface area contributed by atoms with Gasteiger partial charge in [-0.15, -0.1) is 22.7 Å². The summed E-state index contributed by atoms with van der Waals surface area (Å²) in [4.78, 5) is 33.5. The summed E-state index contributed by atoms with van der Waals surface area (Å²) in [6.07, 6.45) is 10.3. The minimum Gasteiger partial charge on any atom is -0.330 e. The van der Waals surface area contributed by atoms with Crippen molar-refractivity contribution < 1.29 is 4.79 Å². The van der Waals surface area contributed by atoms with Gasteiger partial charge in [0.2, 0.25) is 5.91 Å². The minimum absolute atomic E-state index is 0.0325. The van der Waals surface area contributed by atoms with E-state index in [-0.39, 0.29) is 11.9 Å². The van der Waals surface area contributed by atoms with Gasteiger partial charge in [-0.3, -0.25) is 9.78 Å². The van der Waals surface area contributed by atoms with Crippen molar-refractivity contribution in [3.63, 3.8) is 0 Å². The van der Waals surface area contributed by atoms with E-state index in [2.05, 4.69) is 25.3 Å². The van der Waals surface area contributed by atoms with Crippen LogP contribution in [-0.4, -0.2) is 37.3 Å². The fourth-order valence-corrected chi connectivity index (χ4v) is 4.47. The van der Waals surface area contributed by atoms with Crippen LogP contribution in [0.25, 0.3) is 6.08 Å². The predicted octanol–water partition coefficient (Wildman–Crippen LogP) is 4.13. The van der Waals surface area contributed by atoms with E-state index in [0.717, 1.165) is 39.2 Å². The third kappa shape index (κ3) is 4.10. The van der Waals surface area contributed by atoms with Gasteiger partial charge >= 0.3 is 0 Å². The Balaban J connectivity index is 1.54. The summed E-state index contributed by atoms with van der Waals surface area (Å²) in [6.45, 7) is 4.66. The first-order chi connectivity index (χ1) is 13.6. The topological polar surface area (TPSA) is 83.9 Å². The smallest absolute Gasteiger partial charge is 0.247 e. The van der Waals surface area contributed by atoms with Gasteiger partial charge in [-0.05, 0) is 32.8 Å². The Hall–Kier alpha value is -2.65. The number of anilines is 2. The van der Waals surface area contributed by atoms with Crippen molar-refractivity contribution in [1.82, 2.24) is 24.8 Å². The van der Waals surface area contributed by atoms with Gasteiger partial charge < -0.3 is 10.2 Å². The molecule has 0 saturated carbocycles. The second-order valence-electron chi connectivity index (χ2n) is 6.51. The second kappa shape index (κ2) is 8.15. The molecule has 0 aliphatic carbocycles. The van der Waals surface area contributed by atoms with Crippen molar-refractivity contribution in [2.45, 2.75) is 32.7 Å². The number of amides is 1. The molecule has 1 aliphatic heterocycles. The van der Waals surface area contributed by atoms with Crippen LogP contribution in [0.5, 0.6) is 0 Å². The largest absolute Gasteiger partial charge is 0.330 e. The zero-order valence-corrected chi connectivity index (χ0v) is 17.3. The molecule has 0 spiro atoms. The molecule has 3 aromatic heterocycles. The monoisotopic (exact) mass is 412 g/mol. The molecular weight excluding hydrogens is 392 g/mol. The first kappa shape index (κ1) is 18.7. The Bertz CT molecular complexity index is 1010. The maximum absolute atomic E-state index is 12.8. The fraction of sp³-hybridized carbons (Fsp3) is 0.316. The van der Waals surface area contributed by atoms with E-state index < -0.39 is 0 Å². The van der Waals surface area contributed by atoms with Crippen molar-refractivity contribution in [3.8, 4) is 0 Å². The van der Waals surface area contributed by atoms with E-state index in [1.54, 1.807) is 47.2 Å². The number of thiazole rings is 2. The Morgan fingerprint density at radius 2 is 2.14 bits per heavy atom. The molecule has 4 heterocycles. The highest BCUT2D eigenvalue weighted by molar-refractivity contribution is 7.15. The summed E-state index contributed by atoms with van der Waals surface area (Å²) >= 11 is 3.13. The molecule has 1 N–H and O–H groups in total. The Labute approximate surface area is 171 Å². The molecular formula is C19H20N6OS2. The number of aromatic nitrogens is 4. The highest BCUT2D eigenvalue weighted by atomic mass is 32.1. The highest BCUT2D eigenvalue weighted by Gasteiger charge is 2.32. The van der Waals surface area contributed by atoms with Gasteiger partial charge in [0.15, 0.2) is 10.9 Å². The SMILES string of the molecule is Cc1cnc(Nc2nccnc2[C@@H]2CCCN2C(=O)/C=C/c2csc(C)n2)s1. The number of nitrogens with one attached hydrogen (secondary N) is 1. The molecule has 1 atom stereocenters. The maximum Gasteiger partial charge on any atom is 0.247 e. The lowest BCUT2D eigenvalue weighted by Gasteiger charge is -2.24. The molecule has 4 rings (SSSR count).